The maximum atomic E-state index is 9.16. The summed E-state index contributed by atoms with van der Waals surface area (Å²) in [4.78, 5) is 0. The van der Waals surface area contributed by atoms with Gasteiger partial charge in [0.05, 0.1) is 12.2 Å². The fourth-order valence-electron chi connectivity index (χ4n) is 2.34. The smallest absolute Gasteiger partial charge is 0.0731 e. The second kappa shape index (κ2) is 4.40. The lowest BCUT2D eigenvalue weighted by Gasteiger charge is -2.60. The normalized spacial score (nSPS) is 36.0. The van der Waals surface area contributed by atoms with Crippen molar-refractivity contribution in [3.05, 3.63) is 0 Å². The van der Waals surface area contributed by atoms with E-state index in [9.17, 15) is 0 Å². The third kappa shape index (κ3) is 2.05. The zero-order valence-corrected chi connectivity index (χ0v) is 10.6. The average molecular weight is 215 g/mol. The molecule has 1 aliphatic carbocycles. The van der Waals surface area contributed by atoms with Gasteiger partial charge in [0.15, 0.2) is 0 Å². The lowest BCUT2D eigenvalue weighted by atomic mass is 9.55. The second-order valence-electron chi connectivity index (χ2n) is 5.37. The van der Waals surface area contributed by atoms with E-state index in [0.29, 0.717) is 6.04 Å². The molecular formula is C12H25NO2. The van der Waals surface area contributed by atoms with Gasteiger partial charge in [0, 0.05) is 24.6 Å². The van der Waals surface area contributed by atoms with Crippen molar-refractivity contribution in [2.45, 2.75) is 58.2 Å². The van der Waals surface area contributed by atoms with Crippen LogP contribution in [0.1, 0.15) is 40.5 Å². The summed E-state index contributed by atoms with van der Waals surface area (Å²) in [5, 5.41) is 12.7. The standard InChI is InChI=1S/C12H25NO2/c1-6-9(8-14)13-10-7-12(4,15-5)11(10,2)3/h9-10,13-14H,6-8H2,1-5H3/t9-,10?,12?/m1/s1. The van der Waals surface area contributed by atoms with Crippen LogP contribution in [0.15, 0.2) is 0 Å². The predicted molar refractivity (Wildman–Crippen MR) is 61.9 cm³/mol. The van der Waals surface area contributed by atoms with E-state index in [0.717, 1.165) is 12.8 Å². The summed E-state index contributed by atoms with van der Waals surface area (Å²) in [6.07, 6.45) is 1.99. The molecule has 0 aromatic carbocycles. The van der Waals surface area contributed by atoms with Crippen molar-refractivity contribution in [2.75, 3.05) is 13.7 Å². The lowest BCUT2D eigenvalue weighted by molar-refractivity contribution is -0.182. The van der Waals surface area contributed by atoms with E-state index in [4.69, 9.17) is 9.84 Å². The van der Waals surface area contributed by atoms with Gasteiger partial charge in [0.25, 0.3) is 0 Å². The molecule has 0 heterocycles. The van der Waals surface area contributed by atoms with Crippen molar-refractivity contribution in [1.29, 1.82) is 0 Å². The second-order valence-corrected chi connectivity index (χ2v) is 5.37. The van der Waals surface area contributed by atoms with Gasteiger partial charge in [-0.3, -0.25) is 0 Å². The van der Waals surface area contributed by atoms with Gasteiger partial charge in [-0.05, 0) is 19.8 Å². The molecule has 1 saturated carbocycles. The van der Waals surface area contributed by atoms with Crippen molar-refractivity contribution in [3.63, 3.8) is 0 Å². The van der Waals surface area contributed by atoms with Gasteiger partial charge in [-0.2, -0.15) is 0 Å². The van der Waals surface area contributed by atoms with Gasteiger partial charge in [-0.15, -0.1) is 0 Å². The Morgan fingerprint density at radius 3 is 2.40 bits per heavy atom. The van der Waals surface area contributed by atoms with Crippen LogP contribution < -0.4 is 5.32 Å². The van der Waals surface area contributed by atoms with E-state index < -0.39 is 0 Å². The van der Waals surface area contributed by atoms with Crippen LogP contribution in [0.4, 0.5) is 0 Å². The number of aliphatic hydroxyl groups excluding tert-OH is 1. The summed E-state index contributed by atoms with van der Waals surface area (Å²) in [6.45, 7) is 8.91. The first-order valence-corrected chi connectivity index (χ1v) is 5.83. The van der Waals surface area contributed by atoms with Gasteiger partial charge >= 0.3 is 0 Å². The van der Waals surface area contributed by atoms with E-state index in [1.165, 1.54) is 0 Å². The Kier molecular flexibility index (Phi) is 3.80. The molecule has 0 aromatic rings. The molecule has 1 fully saturated rings. The van der Waals surface area contributed by atoms with Gasteiger partial charge in [-0.25, -0.2) is 0 Å². The molecule has 15 heavy (non-hydrogen) atoms. The quantitative estimate of drug-likeness (QED) is 0.731. The van der Waals surface area contributed by atoms with Crippen LogP contribution >= 0.6 is 0 Å². The van der Waals surface area contributed by atoms with Crippen molar-refractivity contribution in [1.82, 2.24) is 5.32 Å². The molecule has 1 rings (SSSR count). The first kappa shape index (κ1) is 12.9. The molecule has 0 aliphatic heterocycles. The minimum absolute atomic E-state index is 0.0294. The number of ether oxygens (including phenoxy) is 1. The van der Waals surface area contributed by atoms with Crippen LogP contribution in [-0.4, -0.2) is 36.5 Å². The summed E-state index contributed by atoms with van der Waals surface area (Å²) in [5.74, 6) is 0. The maximum Gasteiger partial charge on any atom is 0.0731 e. The largest absolute Gasteiger partial charge is 0.395 e. The Morgan fingerprint density at radius 1 is 1.47 bits per heavy atom. The van der Waals surface area contributed by atoms with Crippen molar-refractivity contribution in [2.24, 2.45) is 5.41 Å². The molecule has 0 bridgehead atoms. The average Bonchev–Trinajstić information content (AvgIpc) is 2.23. The van der Waals surface area contributed by atoms with Crippen LogP contribution in [-0.2, 0) is 4.74 Å². The number of rotatable bonds is 5. The van der Waals surface area contributed by atoms with Crippen molar-refractivity contribution >= 4 is 0 Å². The molecule has 3 atom stereocenters. The molecule has 0 spiro atoms. The van der Waals surface area contributed by atoms with Crippen LogP contribution in [0.3, 0.4) is 0 Å². The van der Waals surface area contributed by atoms with Crippen LogP contribution in [0.5, 0.6) is 0 Å². The number of hydrogen-bond acceptors (Lipinski definition) is 3. The van der Waals surface area contributed by atoms with E-state index in [2.05, 4.69) is 33.0 Å². The van der Waals surface area contributed by atoms with Crippen LogP contribution in [0, 0.1) is 5.41 Å². The first-order valence-electron chi connectivity index (χ1n) is 5.83. The predicted octanol–water partition coefficient (Wildman–Crippen LogP) is 1.55. The Labute approximate surface area is 93.2 Å². The lowest BCUT2D eigenvalue weighted by Crippen LogP contribution is -2.69. The summed E-state index contributed by atoms with van der Waals surface area (Å²) in [5.41, 5.74) is 0.1000. The molecule has 90 valence electrons. The Bertz CT molecular complexity index is 214. The zero-order chi connectivity index (χ0) is 11.7. The minimum atomic E-state index is -0.0294. The maximum absolute atomic E-state index is 9.16. The highest BCUT2D eigenvalue weighted by atomic mass is 16.5. The minimum Gasteiger partial charge on any atom is -0.395 e. The molecule has 0 radical (unpaired) electrons. The fraction of sp³-hybridized carbons (Fsp3) is 1.00. The molecule has 3 heteroatoms. The van der Waals surface area contributed by atoms with Gasteiger partial charge < -0.3 is 15.2 Å². The van der Waals surface area contributed by atoms with Crippen LogP contribution in [0.2, 0.25) is 0 Å². The molecule has 2 N–H and O–H groups in total. The number of methoxy groups -OCH3 is 1. The SMILES string of the molecule is CC[C@H](CO)NC1CC(C)(OC)C1(C)C. The first-order chi connectivity index (χ1) is 6.91. The van der Waals surface area contributed by atoms with Gasteiger partial charge in [0.2, 0.25) is 0 Å². The van der Waals surface area contributed by atoms with Crippen LogP contribution in [0.25, 0.3) is 0 Å². The van der Waals surface area contributed by atoms with E-state index >= 15 is 0 Å². The summed E-state index contributed by atoms with van der Waals surface area (Å²) < 4.78 is 5.57. The summed E-state index contributed by atoms with van der Waals surface area (Å²) >= 11 is 0. The van der Waals surface area contributed by atoms with E-state index in [1.54, 1.807) is 7.11 Å². The molecule has 0 amide bonds. The zero-order valence-electron chi connectivity index (χ0n) is 10.6. The number of hydrogen-bond donors (Lipinski definition) is 2. The third-order valence-corrected chi connectivity index (χ3v) is 4.43. The molecular weight excluding hydrogens is 190 g/mol. The van der Waals surface area contributed by atoms with E-state index in [1.807, 2.05) is 0 Å². The topological polar surface area (TPSA) is 41.5 Å². The summed E-state index contributed by atoms with van der Waals surface area (Å²) in [6, 6.07) is 0.662. The molecule has 2 unspecified atom stereocenters. The molecule has 0 aromatic heterocycles. The molecule has 3 nitrogen and oxygen atoms in total. The van der Waals surface area contributed by atoms with Gasteiger partial charge in [0.1, 0.15) is 0 Å². The number of aliphatic hydroxyl groups is 1. The monoisotopic (exact) mass is 215 g/mol. The van der Waals surface area contributed by atoms with Gasteiger partial charge in [-0.1, -0.05) is 20.8 Å². The van der Waals surface area contributed by atoms with Crippen molar-refractivity contribution < 1.29 is 9.84 Å². The molecule has 0 saturated heterocycles. The number of nitrogens with one attached hydrogen (secondary N) is 1. The summed E-state index contributed by atoms with van der Waals surface area (Å²) in [7, 11) is 1.78. The highest BCUT2D eigenvalue weighted by molar-refractivity contribution is 5.11. The van der Waals surface area contributed by atoms with Crippen molar-refractivity contribution in [3.8, 4) is 0 Å². The van der Waals surface area contributed by atoms with E-state index in [-0.39, 0.29) is 23.7 Å². The Morgan fingerprint density at radius 2 is 2.07 bits per heavy atom. The Hall–Kier alpha value is -0.120. The highest BCUT2D eigenvalue weighted by Crippen LogP contribution is 2.51. The fourth-order valence-corrected chi connectivity index (χ4v) is 2.34. The Balaban J connectivity index is 2.55. The third-order valence-electron chi connectivity index (χ3n) is 4.43. The molecule has 1 aliphatic rings. The highest BCUT2D eigenvalue weighted by Gasteiger charge is 2.57.